The van der Waals surface area contributed by atoms with Gasteiger partial charge in [0.2, 0.25) is 0 Å². The van der Waals surface area contributed by atoms with Crippen molar-refractivity contribution in [3.8, 4) is 0 Å². The Hall–Kier alpha value is 0.0749. The molecule has 0 radical (unpaired) electrons. The molecule has 78 valence electrons. The van der Waals surface area contributed by atoms with E-state index < -0.39 is 0 Å². The van der Waals surface area contributed by atoms with Crippen LogP contribution in [0.2, 0.25) is 0 Å². The third-order valence-electron chi connectivity index (χ3n) is 3.22. The van der Waals surface area contributed by atoms with Crippen molar-refractivity contribution in [2.24, 2.45) is 0 Å². The zero-order valence-corrected chi connectivity index (χ0v) is 10.1. The van der Waals surface area contributed by atoms with Crippen LogP contribution in [0, 0.1) is 0 Å². The molecule has 2 aliphatic heterocycles. The van der Waals surface area contributed by atoms with Crippen LogP contribution in [0.4, 0.5) is 0 Å². The first-order valence-electron chi connectivity index (χ1n) is 5.11. The Morgan fingerprint density at radius 3 is 2.21 bits per heavy atom. The number of hydrogen-bond donors (Lipinski definition) is 0. The molecule has 0 N–H and O–H groups in total. The van der Waals surface area contributed by atoms with Gasteiger partial charge in [-0.15, -0.1) is 11.8 Å². The summed E-state index contributed by atoms with van der Waals surface area (Å²) in [6, 6.07) is 0. The smallest absolute Gasteiger partial charge is 0.399 e. The van der Waals surface area contributed by atoms with Crippen molar-refractivity contribution in [3.63, 3.8) is 0 Å². The summed E-state index contributed by atoms with van der Waals surface area (Å²) < 4.78 is 11.9. The molecule has 2 nitrogen and oxygen atoms in total. The third kappa shape index (κ3) is 1.64. The zero-order valence-electron chi connectivity index (χ0n) is 9.29. The molecule has 0 bridgehead atoms. The van der Waals surface area contributed by atoms with Gasteiger partial charge >= 0.3 is 7.12 Å². The van der Waals surface area contributed by atoms with Crippen LogP contribution in [-0.2, 0) is 9.31 Å². The molecule has 0 aromatic heterocycles. The molecule has 0 amide bonds. The van der Waals surface area contributed by atoms with Crippen LogP contribution in [0.15, 0.2) is 10.9 Å². The minimum atomic E-state index is -0.207. The maximum Gasteiger partial charge on any atom is 0.501 e. The molecule has 14 heavy (non-hydrogen) atoms. The van der Waals surface area contributed by atoms with Crippen molar-refractivity contribution in [1.82, 2.24) is 0 Å². The quantitative estimate of drug-likeness (QED) is 0.622. The van der Waals surface area contributed by atoms with Crippen molar-refractivity contribution in [3.05, 3.63) is 10.9 Å². The summed E-state index contributed by atoms with van der Waals surface area (Å²) in [7, 11) is -0.132. The maximum absolute atomic E-state index is 5.94. The van der Waals surface area contributed by atoms with E-state index in [2.05, 4.69) is 33.8 Å². The Balaban J connectivity index is 2.13. The normalized spacial score (nSPS) is 29.4. The first-order chi connectivity index (χ1) is 6.42. The Labute approximate surface area is 90.6 Å². The summed E-state index contributed by atoms with van der Waals surface area (Å²) in [4.78, 5) is 1.25. The van der Waals surface area contributed by atoms with Crippen molar-refractivity contribution in [2.45, 2.75) is 45.3 Å². The van der Waals surface area contributed by atoms with Crippen molar-refractivity contribution >= 4 is 18.9 Å². The Bertz CT molecular complexity index is 257. The van der Waals surface area contributed by atoms with Crippen LogP contribution in [0.5, 0.6) is 0 Å². The molecule has 0 atom stereocenters. The third-order valence-corrected chi connectivity index (χ3v) is 4.35. The predicted octanol–water partition coefficient (Wildman–Crippen LogP) is 2.64. The van der Waals surface area contributed by atoms with E-state index in [1.165, 1.54) is 10.6 Å². The van der Waals surface area contributed by atoms with Gasteiger partial charge in [0.05, 0.1) is 11.2 Å². The van der Waals surface area contributed by atoms with E-state index in [4.69, 9.17) is 9.31 Å². The first-order valence-corrected chi connectivity index (χ1v) is 6.09. The molecule has 2 heterocycles. The molecular weight excluding hydrogens is 195 g/mol. The molecular formula is C10H17BO2S. The van der Waals surface area contributed by atoms with Crippen molar-refractivity contribution in [1.29, 1.82) is 0 Å². The highest BCUT2D eigenvalue weighted by Gasteiger charge is 2.52. The van der Waals surface area contributed by atoms with Crippen LogP contribution < -0.4 is 0 Å². The van der Waals surface area contributed by atoms with Gasteiger partial charge in [0, 0.05) is 10.6 Å². The lowest BCUT2D eigenvalue weighted by Gasteiger charge is -2.32. The summed E-state index contributed by atoms with van der Waals surface area (Å²) >= 11 is 1.85. The SMILES string of the molecule is CC1(C)OB(C2=CCCS2)OC1(C)C. The Kier molecular flexibility index (Phi) is 2.49. The van der Waals surface area contributed by atoms with Gasteiger partial charge in [-0.05, 0) is 34.1 Å². The molecule has 0 unspecified atom stereocenters. The van der Waals surface area contributed by atoms with Gasteiger partial charge in [-0.2, -0.15) is 0 Å². The average Bonchev–Trinajstić information content (AvgIpc) is 2.58. The highest BCUT2D eigenvalue weighted by atomic mass is 32.2. The molecule has 4 heteroatoms. The lowest BCUT2D eigenvalue weighted by Crippen LogP contribution is -2.41. The fourth-order valence-electron chi connectivity index (χ4n) is 1.56. The van der Waals surface area contributed by atoms with E-state index in [1.54, 1.807) is 0 Å². The minimum Gasteiger partial charge on any atom is -0.399 e. The van der Waals surface area contributed by atoms with E-state index in [9.17, 15) is 0 Å². The summed E-state index contributed by atoms with van der Waals surface area (Å²) in [5.74, 6) is 1.17. The van der Waals surface area contributed by atoms with Gasteiger partial charge in [-0.1, -0.05) is 6.08 Å². The van der Waals surface area contributed by atoms with Crippen molar-refractivity contribution < 1.29 is 9.31 Å². The Morgan fingerprint density at radius 2 is 1.79 bits per heavy atom. The summed E-state index contributed by atoms with van der Waals surface area (Å²) in [6.45, 7) is 8.36. The number of allylic oxidation sites excluding steroid dienone is 1. The fourth-order valence-corrected chi connectivity index (χ4v) is 2.50. The Morgan fingerprint density at radius 1 is 1.21 bits per heavy atom. The molecule has 0 spiro atoms. The molecule has 2 aliphatic rings. The standard InChI is InChI=1S/C10H17BO2S/c1-9(2)10(3,4)13-11(12-9)8-6-5-7-14-8/h6H,5,7H2,1-4H3. The summed E-state index contributed by atoms with van der Waals surface area (Å²) in [5.41, 5.74) is -0.413. The highest BCUT2D eigenvalue weighted by Crippen LogP contribution is 2.41. The molecule has 0 aromatic carbocycles. The summed E-state index contributed by atoms with van der Waals surface area (Å²) in [6.07, 6.45) is 3.37. The van der Waals surface area contributed by atoms with Crippen LogP contribution in [0.1, 0.15) is 34.1 Å². The average molecular weight is 212 g/mol. The second-order valence-electron chi connectivity index (χ2n) is 4.83. The van der Waals surface area contributed by atoms with Crippen molar-refractivity contribution in [2.75, 3.05) is 5.75 Å². The molecule has 0 aromatic rings. The van der Waals surface area contributed by atoms with E-state index in [-0.39, 0.29) is 18.3 Å². The second-order valence-corrected chi connectivity index (χ2v) is 6.00. The van der Waals surface area contributed by atoms with Gasteiger partial charge in [0.15, 0.2) is 0 Å². The molecule has 0 saturated carbocycles. The maximum atomic E-state index is 5.94. The molecule has 1 saturated heterocycles. The molecule has 1 fully saturated rings. The van der Waals surface area contributed by atoms with E-state index in [0.29, 0.717) is 0 Å². The second kappa shape index (κ2) is 3.29. The summed E-state index contributed by atoms with van der Waals surface area (Å²) in [5, 5.41) is 0. The topological polar surface area (TPSA) is 18.5 Å². The molecule has 2 rings (SSSR count). The van der Waals surface area contributed by atoms with Gasteiger partial charge < -0.3 is 9.31 Å². The van der Waals surface area contributed by atoms with Gasteiger partial charge in [-0.3, -0.25) is 0 Å². The number of rotatable bonds is 1. The van der Waals surface area contributed by atoms with E-state index in [0.717, 1.165) is 6.42 Å². The minimum absolute atomic E-state index is 0.132. The lowest BCUT2D eigenvalue weighted by atomic mass is 9.89. The van der Waals surface area contributed by atoms with Crippen LogP contribution in [0.25, 0.3) is 0 Å². The highest BCUT2D eigenvalue weighted by molar-refractivity contribution is 8.05. The molecule has 0 aliphatic carbocycles. The van der Waals surface area contributed by atoms with Gasteiger partial charge in [-0.25, -0.2) is 0 Å². The van der Waals surface area contributed by atoms with Crippen LogP contribution in [-0.4, -0.2) is 24.1 Å². The lowest BCUT2D eigenvalue weighted by molar-refractivity contribution is 0.00578. The van der Waals surface area contributed by atoms with E-state index in [1.807, 2.05) is 11.8 Å². The van der Waals surface area contributed by atoms with Gasteiger partial charge in [0.25, 0.3) is 0 Å². The predicted molar refractivity (Wildman–Crippen MR) is 61.2 cm³/mol. The van der Waals surface area contributed by atoms with Crippen LogP contribution >= 0.6 is 11.8 Å². The first kappa shape index (κ1) is 10.6. The zero-order chi connectivity index (χ0) is 10.4. The fraction of sp³-hybridized carbons (Fsp3) is 0.800. The monoisotopic (exact) mass is 212 g/mol. The largest absolute Gasteiger partial charge is 0.501 e. The number of thioether (sulfide) groups is 1. The van der Waals surface area contributed by atoms with Gasteiger partial charge in [0.1, 0.15) is 0 Å². The number of hydrogen-bond acceptors (Lipinski definition) is 3. The van der Waals surface area contributed by atoms with E-state index >= 15 is 0 Å². The van der Waals surface area contributed by atoms with Crippen LogP contribution in [0.3, 0.4) is 0 Å².